The molecule has 0 spiro atoms. The summed E-state index contributed by atoms with van der Waals surface area (Å²) >= 11 is 0. The van der Waals surface area contributed by atoms with E-state index in [9.17, 15) is 5.11 Å². The second kappa shape index (κ2) is 7.13. The summed E-state index contributed by atoms with van der Waals surface area (Å²) in [6.45, 7) is 0.489. The molecule has 1 atom stereocenters. The first kappa shape index (κ1) is 16.3. The fourth-order valence-corrected chi connectivity index (χ4v) is 3.01. The molecule has 0 aliphatic heterocycles. The number of ether oxygens (including phenoxy) is 1. The topological polar surface area (TPSA) is 55.5 Å². The summed E-state index contributed by atoms with van der Waals surface area (Å²) in [4.78, 5) is 0. The van der Waals surface area contributed by atoms with E-state index in [4.69, 9.17) is 10.5 Å². The number of hydrogen-bond donors (Lipinski definition) is 2. The van der Waals surface area contributed by atoms with Gasteiger partial charge in [-0.2, -0.15) is 0 Å². The Hall–Kier alpha value is -0.770. The maximum absolute atomic E-state index is 10.8. The molecule has 0 saturated heterocycles. The van der Waals surface area contributed by atoms with Crippen molar-refractivity contribution >= 4 is 12.4 Å². The molecule has 1 aliphatic rings. The van der Waals surface area contributed by atoms with Crippen LogP contribution >= 0.6 is 12.4 Å². The number of hydrogen-bond acceptors (Lipinski definition) is 3. The molecule has 19 heavy (non-hydrogen) atoms. The molecule has 0 heterocycles. The van der Waals surface area contributed by atoms with Crippen molar-refractivity contribution in [3.8, 4) is 5.75 Å². The molecule has 3 N–H and O–H groups in total. The molecule has 1 aromatic rings. The SMILES string of the molecule is COc1ccc([C@H](CN)C2(O)CCCCC2)cc1.Cl. The smallest absolute Gasteiger partial charge is 0.118 e. The van der Waals surface area contributed by atoms with Gasteiger partial charge in [0.2, 0.25) is 0 Å². The molecule has 2 rings (SSSR count). The average Bonchev–Trinajstić information content (AvgIpc) is 2.41. The van der Waals surface area contributed by atoms with Gasteiger partial charge in [0.25, 0.3) is 0 Å². The van der Waals surface area contributed by atoms with Crippen LogP contribution in [0.5, 0.6) is 5.75 Å². The van der Waals surface area contributed by atoms with Crippen LogP contribution in [0.2, 0.25) is 0 Å². The Morgan fingerprint density at radius 3 is 2.26 bits per heavy atom. The predicted molar refractivity (Wildman–Crippen MR) is 80.1 cm³/mol. The molecule has 3 nitrogen and oxygen atoms in total. The fraction of sp³-hybridized carbons (Fsp3) is 0.600. The van der Waals surface area contributed by atoms with Gasteiger partial charge in [-0.15, -0.1) is 12.4 Å². The predicted octanol–water partition coefficient (Wildman–Crippen LogP) is 2.85. The van der Waals surface area contributed by atoms with Gasteiger partial charge in [0.15, 0.2) is 0 Å². The summed E-state index contributed by atoms with van der Waals surface area (Å²) in [7, 11) is 1.66. The van der Waals surface area contributed by atoms with Gasteiger partial charge in [-0.25, -0.2) is 0 Å². The summed E-state index contributed by atoms with van der Waals surface area (Å²) < 4.78 is 5.16. The highest BCUT2D eigenvalue weighted by atomic mass is 35.5. The molecule has 108 valence electrons. The minimum Gasteiger partial charge on any atom is -0.497 e. The first-order chi connectivity index (χ1) is 8.69. The molecule has 1 aromatic carbocycles. The van der Waals surface area contributed by atoms with E-state index in [1.165, 1.54) is 6.42 Å². The zero-order valence-corrected chi connectivity index (χ0v) is 12.3. The molecule has 0 amide bonds. The van der Waals surface area contributed by atoms with Crippen LogP contribution < -0.4 is 10.5 Å². The number of aliphatic hydroxyl groups is 1. The van der Waals surface area contributed by atoms with Crippen LogP contribution in [0, 0.1) is 0 Å². The third-order valence-corrected chi connectivity index (χ3v) is 4.12. The van der Waals surface area contributed by atoms with Gasteiger partial charge in [0, 0.05) is 12.5 Å². The maximum atomic E-state index is 10.8. The van der Waals surface area contributed by atoms with Crippen LogP contribution in [0.4, 0.5) is 0 Å². The van der Waals surface area contributed by atoms with E-state index in [0.717, 1.165) is 37.0 Å². The minimum absolute atomic E-state index is 0. The average molecular weight is 286 g/mol. The van der Waals surface area contributed by atoms with Crippen LogP contribution in [0.15, 0.2) is 24.3 Å². The highest BCUT2D eigenvalue weighted by Gasteiger charge is 2.37. The Kier molecular flexibility index (Phi) is 6.11. The molecular formula is C15H24ClNO2. The lowest BCUT2D eigenvalue weighted by Gasteiger charge is -2.39. The number of benzene rings is 1. The van der Waals surface area contributed by atoms with Crippen LogP contribution in [-0.4, -0.2) is 24.4 Å². The highest BCUT2D eigenvalue weighted by molar-refractivity contribution is 5.85. The lowest BCUT2D eigenvalue weighted by molar-refractivity contribution is -0.0194. The van der Waals surface area contributed by atoms with Crippen molar-refractivity contribution in [2.45, 2.75) is 43.6 Å². The second-order valence-corrected chi connectivity index (χ2v) is 5.23. The molecule has 0 unspecified atom stereocenters. The Bertz CT molecular complexity index is 374. The number of nitrogens with two attached hydrogens (primary N) is 1. The lowest BCUT2D eigenvalue weighted by atomic mass is 9.73. The molecule has 1 fully saturated rings. The van der Waals surface area contributed by atoms with Crippen molar-refractivity contribution < 1.29 is 9.84 Å². The third kappa shape index (κ3) is 3.62. The number of halogens is 1. The first-order valence-corrected chi connectivity index (χ1v) is 6.76. The number of rotatable bonds is 4. The van der Waals surface area contributed by atoms with Gasteiger partial charge in [-0.1, -0.05) is 31.4 Å². The van der Waals surface area contributed by atoms with Crippen molar-refractivity contribution in [3.63, 3.8) is 0 Å². The van der Waals surface area contributed by atoms with E-state index in [-0.39, 0.29) is 18.3 Å². The number of methoxy groups -OCH3 is 1. The van der Waals surface area contributed by atoms with Gasteiger partial charge in [0.05, 0.1) is 12.7 Å². The van der Waals surface area contributed by atoms with Gasteiger partial charge < -0.3 is 15.6 Å². The van der Waals surface area contributed by atoms with E-state index in [2.05, 4.69) is 0 Å². The summed E-state index contributed by atoms with van der Waals surface area (Å²) in [5, 5.41) is 10.8. The van der Waals surface area contributed by atoms with Crippen LogP contribution in [0.3, 0.4) is 0 Å². The largest absolute Gasteiger partial charge is 0.497 e. The monoisotopic (exact) mass is 285 g/mol. The Morgan fingerprint density at radius 2 is 1.79 bits per heavy atom. The van der Waals surface area contributed by atoms with Crippen LogP contribution in [0.1, 0.15) is 43.6 Å². The molecule has 0 aromatic heterocycles. The van der Waals surface area contributed by atoms with Gasteiger partial charge in [-0.05, 0) is 30.5 Å². The van der Waals surface area contributed by atoms with E-state index < -0.39 is 5.60 Å². The fourth-order valence-electron chi connectivity index (χ4n) is 3.01. The lowest BCUT2D eigenvalue weighted by Crippen LogP contribution is -2.41. The highest BCUT2D eigenvalue weighted by Crippen LogP contribution is 2.39. The van der Waals surface area contributed by atoms with E-state index in [1.807, 2.05) is 24.3 Å². The van der Waals surface area contributed by atoms with Gasteiger partial charge in [0.1, 0.15) is 5.75 Å². The van der Waals surface area contributed by atoms with Crippen LogP contribution in [-0.2, 0) is 0 Å². The standard InChI is InChI=1S/C15H23NO2.ClH/c1-18-13-7-5-12(6-8-13)14(11-16)15(17)9-3-2-4-10-15;/h5-8,14,17H,2-4,9-11,16H2,1H3;1H/t14-;/m0./s1. The van der Waals surface area contributed by atoms with E-state index in [1.54, 1.807) is 7.11 Å². The second-order valence-electron chi connectivity index (χ2n) is 5.23. The molecule has 4 heteroatoms. The van der Waals surface area contributed by atoms with Crippen molar-refractivity contribution in [2.24, 2.45) is 5.73 Å². The summed E-state index contributed by atoms with van der Waals surface area (Å²) in [5.41, 5.74) is 6.39. The Labute approximate surface area is 121 Å². The normalized spacial score (nSPS) is 19.3. The molecule has 0 bridgehead atoms. The molecular weight excluding hydrogens is 262 g/mol. The van der Waals surface area contributed by atoms with Crippen LogP contribution in [0.25, 0.3) is 0 Å². The Balaban J connectivity index is 0.00000180. The van der Waals surface area contributed by atoms with Gasteiger partial charge in [-0.3, -0.25) is 0 Å². The quantitative estimate of drug-likeness (QED) is 0.894. The summed E-state index contributed by atoms with van der Waals surface area (Å²) in [6.07, 6.45) is 5.15. The van der Waals surface area contributed by atoms with E-state index >= 15 is 0 Å². The summed E-state index contributed by atoms with van der Waals surface area (Å²) in [5.74, 6) is 0.869. The molecule has 1 saturated carbocycles. The zero-order valence-electron chi connectivity index (χ0n) is 11.5. The van der Waals surface area contributed by atoms with E-state index in [0.29, 0.717) is 6.54 Å². The minimum atomic E-state index is -0.623. The summed E-state index contributed by atoms with van der Waals surface area (Å²) in [6, 6.07) is 7.90. The maximum Gasteiger partial charge on any atom is 0.118 e. The van der Waals surface area contributed by atoms with Crippen molar-refractivity contribution in [3.05, 3.63) is 29.8 Å². The first-order valence-electron chi connectivity index (χ1n) is 6.76. The van der Waals surface area contributed by atoms with Crippen molar-refractivity contribution in [1.82, 2.24) is 0 Å². The molecule has 0 radical (unpaired) electrons. The van der Waals surface area contributed by atoms with Gasteiger partial charge >= 0.3 is 0 Å². The van der Waals surface area contributed by atoms with Crippen molar-refractivity contribution in [2.75, 3.05) is 13.7 Å². The molecule has 1 aliphatic carbocycles. The third-order valence-electron chi connectivity index (χ3n) is 4.12. The Morgan fingerprint density at radius 1 is 1.21 bits per heavy atom. The zero-order chi connectivity index (χ0) is 13.0. The van der Waals surface area contributed by atoms with Crippen molar-refractivity contribution in [1.29, 1.82) is 0 Å².